The highest BCUT2D eigenvalue weighted by Crippen LogP contribution is 2.28. The van der Waals surface area contributed by atoms with Gasteiger partial charge in [-0.2, -0.15) is 0 Å². The second kappa shape index (κ2) is 12.2. The molecule has 0 aliphatic carbocycles. The third-order valence-electron chi connectivity index (χ3n) is 7.07. The molecule has 0 spiro atoms. The average molecular weight is 528 g/mol. The van der Waals surface area contributed by atoms with E-state index in [1.165, 1.54) is 11.6 Å². The van der Waals surface area contributed by atoms with Gasteiger partial charge in [0.05, 0.1) is 19.3 Å². The van der Waals surface area contributed by atoms with E-state index in [0.717, 1.165) is 35.7 Å². The van der Waals surface area contributed by atoms with Crippen LogP contribution in [0.1, 0.15) is 33.0 Å². The van der Waals surface area contributed by atoms with Crippen LogP contribution in [0.15, 0.2) is 89.3 Å². The predicted octanol–water partition coefficient (Wildman–Crippen LogP) is 5.90. The molecular formula is C32H34FN3O3. The van der Waals surface area contributed by atoms with Crippen LogP contribution < -0.4 is 9.64 Å². The van der Waals surface area contributed by atoms with E-state index < -0.39 is 0 Å². The Morgan fingerprint density at radius 2 is 1.62 bits per heavy atom. The molecule has 1 aliphatic heterocycles. The second-order valence-electron chi connectivity index (χ2n) is 9.98. The molecule has 4 aromatic rings. The number of methoxy groups -OCH3 is 1. The zero-order valence-corrected chi connectivity index (χ0v) is 22.5. The molecule has 0 atom stereocenters. The lowest BCUT2D eigenvalue weighted by molar-refractivity contribution is 0.0710. The fourth-order valence-corrected chi connectivity index (χ4v) is 5.01. The number of halogens is 1. The molecule has 1 aromatic heterocycles. The molecule has 0 N–H and O–H groups in total. The summed E-state index contributed by atoms with van der Waals surface area (Å²) in [5, 5.41) is 0. The zero-order chi connectivity index (χ0) is 27.2. The van der Waals surface area contributed by atoms with Crippen LogP contribution in [0.25, 0.3) is 0 Å². The summed E-state index contributed by atoms with van der Waals surface area (Å²) in [6.45, 7) is 6.44. The Balaban J connectivity index is 1.24. The quantitative estimate of drug-likeness (QED) is 0.271. The topological polar surface area (TPSA) is 49.2 Å². The van der Waals surface area contributed by atoms with Gasteiger partial charge in [0.25, 0.3) is 5.91 Å². The van der Waals surface area contributed by atoms with Crippen molar-refractivity contribution < 1.29 is 18.3 Å². The number of rotatable bonds is 9. The number of piperazine rings is 1. The lowest BCUT2D eigenvalue weighted by atomic mass is 10.1. The highest BCUT2D eigenvalue weighted by atomic mass is 19.1. The van der Waals surface area contributed by atoms with E-state index >= 15 is 0 Å². The van der Waals surface area contributed by atoms with Gasteiger partial charge in [0.2, 0.25) is 0 Å². The van der Waals surface area contributed by atoms with Crippen molar-refractivity contribution in [3.8, 4) is 5.75 Å². The Morgan fingerprint density at radius 1 is 0.872 bits per heavy atom. The van der Waals surface area contributed by atoms with Gasteiger partial charge in [0.1, 0.15) is 17.3 Å². The van der Waals surface area contributed by atoms with Crippen molar-refractivity contribution in [3.05, 3.63) is 119 Å². The van der Waals surface area contributed by atoms with Crippen LogP contribution in [-0.2, 0) is 19.6 Å². The number of nitrogens with zero attached hydrogens (tertiary/aromatic N) is 3. The van der Waals surface area contributed by atoms with Gasteiger partial charge in [0.15, 0.2) is 5.76 Å². The van der Waals surface area contributed by atoms with E-state index in [9.17, 15) is 9.18 Å². The number of aryl methyl sites for hydroxylation is 1. The van der Waals surface area contributed by atoms with Crippen molar-refractivity contribution >= 4 is 11.6 Å². The van der Waals surface area contributed by atoms with Crippen molar-refractivity contribution in [1.82, 2.24) is 9.80 Å². The number of carbonyl (C=O) groups excluding carboxylic acids is 1. The molecule has 0 unspecified atom stereocenters. The van der Waals surface area contributed by atoms with E-state index in [4.69, 9.17) is 9.15 Å². The first-order valence-corrected chi connectivity index (χ1v) is 13.3. The molecule has 1 aliphatic rings. The first-order chi connectivity index (χ1) is 19.0. The van der Waals surface area contributed by atoms with Crippen molar-refractivity contribution in [2.75, 3.05) is 38.2 Å². The second-order valence-corrected chi connectivity index (χ2v) is 9.98. The summed E-state index contributed by atoms with van der Waals surface area (Å²) < 4.78 is 25.4. The zero-order valence-electron chi connectivity index (χ0n) is 22.5. The van der Waals surface area contributed by atoms with Gasteiger partial charge < -0.3 is 19.0 Å². The largest absolute Gasteiger partial charge is 0.495 e. The summed E-state index contributed by atoms with van der Waals surface area (Å²) in [5.74, 6) is 1.53. The van der Waals surface area contributed by atoms with Crippen LogP contribution in [0, 0.1) is 12.7 Å². The Bertz CT molecular complexity index is 1390. The molecule has 3 aromatic carbocycles. The Morgan fingerprint density at radius 3 is 2.36 bits per heavy atom. The standard InChI is InChI=1S/C32H34FN3O3/c1-24-10-12-25(13-11-24)21-34(22-26-6-5-7-27(33)20-26)23-28-14-15-31(39-28)32(37)36-18-16-35(17-19-36)29-8-3-4-9-30(29)38-2/h3-15,20H,16-19,21-23H2,1-2H3. The molecule has 39 heavy (non-hydrogen) atoms. The minimum atomic E-state index is -0.250. The van der Waals surface area contributed by atoms with Crippen LogP contribution >= 0.6 is 0 Å². The van der Waals surface area contributed by atoms with Crippen LogP contribution in [0.2, 0.25) is 0 Å². The minimum Gasteiger partial charge on any atom is -0.495 e. The summed E-state index contributed by atoms with van der Waals surface area (Å²) >= 11 is 0. The summed E-state index contributed by atoms with van der Waals surface area (Å²) in [7, 11) is 1.67. The van der Waals surface area contributed by atoms with E-state index in [2.05, 4.69) is 41.0 Å². The van der Waals surface area contributed by atoms with Crippen LogP contribution in [0.3, 0.4) is 0 Å². The molecule has 2 heterocycles. The normalized spacial score (nSPS) is 13.6. The predicted molar refractivity (Wildman–Crippen MR) is 150 cm³/mol. The summed E-state index contributed by atoms with van der Waals surface area (Å²) in [6.07, 6.45) is 0. The molecule has 0 radical (unpaired) electrons. The van der Waals surface area contributed by atoms with Gasteiger partial charge in [-0.1, -0.05) is 54.1 Å². The fourth-order valence-electron chi connectivity index (χ4n) is 5.01. The molecule has 1 amide bonds. The highest BCUT2D eigenvalue weighted by Gasteiger charge is 2.26. The monoisotopic (exact) mass is 527 g/mol. The van der Waals surface area contributed by atoms with Crippen LogP contribution in [0.5, 0.6) is 5.75 Å². The number of anilines is 1. The molecule has 202 valence electrons. The van der Waals surface area contributed by atoms with Gasteiger partial charge in [-0.3, -0.25) is 9.69 Å². The van der Waals surface area contributed by atoms with Crippen LogP contribution in [0.4, 0.5) is 10.1 Å². The van der Waals surface area contributed by atoms with Crippen molar-refractivity contribution in [1.29, 1.82) is 0 Å². The molecule has 6 nitrogen and oxygen atoms in total. The van der Waals surface area contributed by atoms with E-state index in [1.807, 2.05) is 41.3 Å². The Hall–Kier alpha value is -4.10. The number of amides is 1. The number of hydrogen-bond donors (Lipinski definition) is 0. The van der Waals surface area contributed by atoms with Gasteiger partial charge in [-0.05, 0) is 54.4 Å². The number of para-hydroxylation sites is 2. The van der Waals surface area contributed by atoms with Gasteiger partial charge in [-0.25, -0.2) is 4.39 Å². The van der Waals surface area contributed by atoms with Crippen molar-refractivity contribution in [2.24, 2.45) is 0 Å². The lowest BCUT2D eigenvalue weighted by Crippen LogP contribution is -2.48. The summed E-state index contributed by atoms with van der Waals surface area (Å²) in [5.41, 5.74) is 4.29. The SMILES string of the molecule is COc1ccccc1N1CCN(C(=O)c2ccc(CN(Cc3ccc(C)cc3)Cc3cccc(F)c3)o2)CC1. The van der Waals surface area contributed by atoms with Crippen LogP contribution in [-0.4, -0.2) is 49.0 Å². The molecule has 5 rings (SSSR count). The molecule has 1 fully saturated rings. The number of furan rings is 1. The van der Waals surface area contributed by atoms with Crippen molar-refractivity contribution in [2.45, 2.75) is 26.6 Å². The van der Waals surface area contributed by atoms with Gasteiger partial charge >= 0.3 is 0 Å². The number of hydrogen-bond acceptors (Lipinski definition) is 5. The summed E-state index contributed by atoms with van der Waals surface area (Å²) in [6, 6.07) is 26.6. The minimum absolute atomic E-state index is 0.101. The number of ether oxygens (including phenoxy) is 1. The maximum absolute atomic E-state index is 13.9. The first-order valence-electron chi connectivity index (χ1n) is 13.3. The summed E-state index contributed by atoms with van der Waals surface area (Å²) in [4.78, 5) is 19.5. The third-order valence-corrected chi connectivity index (χ3v) is 7.07. The van der Waals surface area contributed by atoms with Gasteiger partial charge in [0, 0.05) is 39.3 Å². The molecule has 0 saturated carbocycles. The molecule has 0 bridgehead atoms. The molecular weight excluding hydrogens is 493 g/mol. The number of benzene rings is 3. The van der Waals surface area contributed by atoms with Gasteiger partial charge in [-0.15, -0.1) is 0 Å². The average Bonchev–Trinajstić information content (AvgIpc) is 3.42. The van der Waals surface area contributed by atoms with E-state index in [-0.39, 0.29) is 11.7 Å². The maximum Gasteiger partial charge on any atom is 0.289 e. The lowest BCUT2D eigenvalue weighted by Gasteiger charge is -2.36. The van der Waals surface area contributed by atoms with Crippen molar-refractivity contribution in [3.63, 3.8) is 0 Å². The molecule has 1 saturated heterocycles. The number of carbonyl (C=O) groups is 1. The third kappa shape index (κ3) is 6.67. The maximum atomic E-state index is 13.9. The molecule has 7 heteroatoms. The highest BCUT2D eigenvalue weighted by molar-refractivity contribution is 5.91. The Kier molecular flexibility index (Phi) is 8.27. The smallest absolute Gasteiger partial charge is 0.289 e. The Labute approximate surface area is 229 Å². The van der Waals surface area contributed by atoms with E-state index in [0.29, 0.717) is 44.2 Å². The first kappa shape index (κ1) is 26.5. The fraction of sp³-hybridized carbons (Fsp3) is 0.281. The van der Waals surface area contributed by atoms with E-state index in [1.54, 1.807) is 25.3 Å².